The summed E-state index contributed by atoms with van der Waals surface area (Å²) in [6, 6.07) is 10.4. The Morgan fingerprint density at radius 1 is 1.24 bits per heavy atom. The zero-order valence-electron chi connectivity index (χ0n) is 13.6. The lowest BCUT2D eigenvalue weighted by Crippen LogP contribution is -2.24. The van der Waals surface area contributed by atoms with Gasteiger partial charge in [-0.3, -0.25) is 4.79 Å². The standard InChI is InChI=1S/C17H16ClIN2O4/c1-23-15-8-11(7-14(19)17(15)24-2)9-20-21-16(22)10-25-13-5-3-12(18)4-6-13/h3-9H,10H2,1-2H3,(H,21,22)/b20-9+. The molecule has 0 saturated carbocycles. The quantitative estimate of drug-likeness (QED) is 0.379. The van der Waals surface area contributed by atoms with Gasteiger partial charge < -0.3 is 14.2 Å². The number of nitrogens with zero attached hydrogens (tertiary/aromatic N) is 1. The molecule has 0 fully saturated rings. The predicted molar refractivity (Wildman–Crippen MR) is 105 cm³/mol. The highest BCUT2D eigenvalue weighted by atomic mass is 127. The van der Waals surface area contributed by atoms with Gasteiger partial charge in [-0.05, 0) is 64.6 Å². The van der Waals surface area contributed by atoms with Crippen LogP contribution in [0.5, 0.6) is 17.2 Å². The maximum Gasteiger partial charge on any atom is 0.277 e. The highest BCUT2D eigenvalue weighted by Crippen LogP contribution is 2.32. The second kappa shape index (κ2) is 9.47. The second-order valence-electron chi connectivity index (χ2n) is 4.77. The van der Waals surface area contributed by atoms with Crippen LogP contribution in [-0.4, -0.2) is 32.9 Å². The Morgan fingerprint density at radius 2 is 1.96 bits per heavy atom. The Morgan fingerprint density at radius 3 is 2.60 bits per heavy atom. The maximum atomic E-state index is 11.7. The molecule has 0 bridgehead atoms. The first-order valence-electron chi connectivity index (χ1n) is 7.15. The molecule has 0 radical (unpaired) electrons. The summed E-state index contributed by atoms with van der Waals surface area (Å²) < 4.78 is 16.7. The molecule has 1 amide bonds. The van der Waals surface area contributed by atoms with Crippen LogP contribution < -0.4 is 19.6 Å². The van der Waals surface area contributed by atoms with Gasteiger partial charge in [0, 0.05) is 5.02 Å². The van der Waals surface area contributed by atoms with E-state index >= 15 is 0 Å². The van der Waals surface area contributed by atoms with Gasteiger partial charge in [0.15, 0.2) is 18.1 Å². The first-order valence-corrected chi connectivity index (χ1v) is 8.61. The van der Waals surface area contributed by atoms with E-state index < -0.39 is 0 Å². The molecule has 1 N–H and O–H groups in total. The van der Waals surface area contributed by atoms with Crippen LogP contribution >= 0.6 is 34.2 Å². The third-order valence-corrected chi connectivity index (χ3v) is 4.10. The smallest absolute Gasteiger partial charge is 0.277 e. The molecule has 0 atom stereocenters. The van der Waals surface area contributed by atoms with Crippen molar-refractivity contribution in [3.05, 3.63) is 50.6 Å². The minimum absolute atomic E-state index is 0.150. The van der Waals surface area contributed by atoms with Crippen molar-refractivity contribution in [1.82, 2.24) is 5.43 Å². The molecule has 8 heteroatoms. The molecular weight excluding hydrogens is 459 g/mol. The molecule has 0 aromatic heterocycles. The highest BCUT2D eigenvalue weighted by molar-refractivity contribution is 14.1. The van der Waals surface area contributed by atoms with E-state index in [0.29, 0.717) is 22.3 Å². The summed E-state index contributed by atoms with van der Waals surface area (Å²) in [6.07, 6.45) is 1.52. The maximum absolute atomic E-state index is 11.7. The van der Waals surface area contributed by atoms with E-state index in [4.69, 9.17) is 25.8 Å². The number of hydrogen-bond acceptors (Lipinski definition) is 5. The number of hydrazone groups is 1. The van der Waals surface area contributed by atoms with Gasteiger partial charge in [-0.1, -0.05) is 11.6 Å². The van der Waals surface area contributed by atoms with Gasteiger partial charge in [0.25, 0.3) is 5.91 Å². The van der Waals surface area contributed by atoms with Crippen LogP contribution in [0.25, 0.3) is 0 Å². The molecular formula is C17H16ClIN2O4. The molecule has 0 spiro atoms. The number of benzene rings is 2. The molecule has 0 aliphatic heterocycles. The van der Waals surface area contributed by atoms with Crippen LogP contribution in [0.1, 0.15) is 5.56 Å². The highest BCUT2D eigenvalue weighted by Gasteiger charge is 2.09. The molecule has 0 unspecified atom stereocenters. The van der Waals surface area contributed by atoms with E-state index in [1.54, 1.807) is 44.6 Å². The SMILES string of the molecule is COc1cc(/C=N/NC(=O)COc2ccc(Cl)cc2)cc(I)c1OC. The molecule has 132 valence electrons. The number of hydrogen-bond donors (Lipinski definition) is 1. The van der Waals surface area contributed by atoms with Crippen LogP contribution in [0.15, 0.2) is 41.5 Å². The van der Waals surface area contributed by atoms with Crippen molar-refractivity contribution in [2.75, 3.05) is 20.8 Å². The van der Waals surface area contributed by atoms with Crippen molar-refractivity contribution in [3.63, 3.8) is 0 Å². The molecule has 2 aromatic carbocycles. The number of carbonyl (C=O) groups is 1. The number of ether oxygens (including phenoxy) is 3. The minimum Gasteiger partial charge on any atom is -0.493 e. The van der Waals surface area contributed by atoms with Crippen LogP contribution in [0.4, 0.5) is 0 Å². The number of nitrogens with one attached hydrogen (secondary N) is 1. The fourth-order valence-corrected chi connectivity index (χ4v) is 2.87. The van der Waals surface area contributed by atoms with E-state index in [9.17, 15) is 4.79 Å². The lowest BCUT2D eigenvalue weighted by molar-refractivity contribution is -0.123. The van der Waals surface area contributed by atoms with Gasteiger partial charge >= 0.3 is 0 Å². The molecule has 2 rings (SSSR count). The third kappa shape index (κ3) is 5.79. The van der Waals surface area contributed by atoms with Gasteiger partial charge in [0.1, 0.15) is 5.75 Å². The summed E-state index contributed by atoms with van der Waals surface area (Å²) in [5.41, 5.74) is 3.17. The Hall–Kier alpha value is -2.00. The number of carbonyl (C=O) groups excluding carboxylic acids is 1. The Kier molecular flexibility index (Phi) is 7.32. The van der Waals surface area contributed by atoms with E-state index in [2.05, 4.69) is 33.1 Å². The van der Waals surface area contributed by atoms with Gasteiger partial charge in [0.05, 0.1) is 24.0 Å². The molecule has 0 aliphatic rings. The Labute approximate surface area is 164 Å². The average molecular weight is 475 g/mol. The summed E-state index contributed by atoms with van der Waals surface area (Å²) >= 11 is 7.92. The van der Waals surface area contributed by atoms with Gasteiger partial charge in [-0.15, -0.1) is 0 Å². The van der Waals surface area contributed by atoms with Gasteiger partial charge in [-0.2, -0.15) is 5.10 Å². The van der Waals surface area contributed by atoms with Crippen LogP contribution in [-0.2, 0) is 4.79 Å². The summed E-state index contributed by atoms with van der Waals surface area (Å²) in [7, 11) is 3.14. The molecule has 0 saturated heterocycles. The van der Waals surface area contributed by atoms with E-state index in [1.807, 2.05) is 6.07 Å². The number of halogens is 2. The zero-order chi connectivity index (χ0) is 18.2. The van der Waals surface area contributed by atoms with E-state index in [-0.39, 0.29) is 12.5 Å². The number of rotatable bonds is 7. The van der Waals surface area contributed by atoms with Crippen LogP contribution in [0.2, 0.25) is 5.02 Å². The normalized spacial score (nSPS) is 10.6. The van der Waals surface area contributed by atoms with Gasteiger partial charge in [-0.25, -0.2) is 5.43 Å². The third-order valence-electron chi connectivity index (χ3n) is 3.04. The lowest BCUT2D eigenvalue weighted by Gasteiger charge is -2.10. The topological polar surface area (TPSA) is 69.2 Å². The van der Waals surface area contributed by atoms with Crippen LogP contribution in [0, 0.1) is 3.57 Å². The van der Waals surface area contributed by atoms with Crippen LogP contribution in [0.3, 0.4) is 0 Å². The summed E-state index contributed by atoms with van der Waals surface area (Å²) in [4.78, 5) is 11.7. The fourth-order valence-electron chi connectivity index (χ4n) is 1.90. The monoisotopic (exact) mass is 474 g/mol. The molecule has 0 heterocycles. The van der Waals surface area contributed by atoms with Crippen molar-refractivity contribution in [3.8, 4) is 17.2 Å². The Balaban J connectivity index is 1.90. The van der Waals surface area contributed by atoms with Crippen molar-refractivity contribution in [2.24, 2.45) is 5.10 Å². The first-order chi connectivity index (χ1) is 12.0. The predicted octanol–water partition coefficient (Wildman–Crippen LogP) is 3.49. The average Bonchev–Trinajstić information content (AvgIpc) is 2.60. The number of methoxy groups -OCH3 is 2. The van der Waals surface area contributed by atoms with E-state index in [1.165, 1.54) is 6.21 Å². The number of amides is 1. The summed E-state index contributed by atoms with van der Waals surface area (Å²) in [5.74, 6) is 1.42. The van der Waals surface area contributed by atoms with E-state index in [0.717, 1.165) is 9.13 Å². The van der Waals surface area contributed by atoms with Crippen molar-refractivity contribution in [2.45, 2.75) is 0 Å². The zero-order valence-corrected chi connectivity index (χ0v) is 16.5. The fraction of sp³-hybridized carbons (Fsp3) is 0.176. The molecule has 2 aromatic rings. The van der Waals surface area contributed by atoms with Crippen molar-refractivity contribution in [1.29, 1.82) is 0 Å². The molecule has 25 heavy (non-hydrogen) atoms. The largest absolute Gasteiger partial charge is 0.493 e. The summed E-state index contributed by atoms with van der Waals surface area (Å²) in [6.45, 7) is -0.150. The van der Waals surface area contributed by atoms with Gasteiger partial charge in [0.2, 0.25) is 0 Å². The lowest BCUT2D eigenvalue weighted by atomic mass is 10.2. The molecule has 0 aliphatic carbocycles. The summed E-state index contributed by atoms with van der Waals surface area (Å²) in [5, 5.41) is 4.52. The van der Waals surface area contributed by atoms with Crippen molar-refractivity contribution >= 4 is 46.3 Å². The Bertz CT molecular complexity index is 766. The first kappa shape index (κ1) is 19.3. The molecule has 6 nitrogen and oxygen atoms in total. The second-order valence-corrected chi connectivity index (χ2v) is 6.37. The van der Waals surface area contributed by atoms with Crippen molar-refractivity contribution < 1.29 is 19.0 Å². The minimum atomic E-state index is -0.374.